The van der Waals surface area contributed by atoms with Gasteiger partial charge in [0, 0.05) is 17.6 Å². The van der Waals surface area contributed by atoms with Crippen molar-refractivity contribution < 1.29 is 4.79 Å². The molecule has 0 bridgehead atoms. The summed E-state index contributed by atoms with van der Waals surface area (Å²) in [6, 6.07) is 6.43. The predicted molar refractivity (Wildman–Crippen MR) is 77.0 cm³/mol. The lowest BCUT2D eigenvalue weighted by Crippen LogP contribution is -2.51. The van der Waals surface area contributed by atoms with Crippen LogP contribution in [0.25, 0.3) is 0 Å². The highest BCUT2D eigenvalue weighted by molar-refractivity contribution is 9.10. The molecule has 3 rings (SSSR count). The molecule has 1 aliphatic carbocycles. The highest BCUT2D eigenvalue weighted by atomic mass is 79.9. The molecule has 0 radical (unpaired) electrons. The van der Waals surface area contributed by atoms with E-state index in [0.717, 1.165) is 30.4 Å². The summed E-state index contributed by atoms with van der Waals surface area (Å²) in [7, 11) is 0. The standard InChI is InChI=1S/C13H15BrN2O.ClH/c14-11-3-1-2-10-9(11)4-5-12(10)16-13(17)8-6-15-7-8;/h1-3,8,12,15H,4-7H2,(H,16,17);1H. The number of hydrogen-bond donors (Lipinski definition) is 2. The molecule has 0 aromatic heterocycles. The van der Waals surface area contributed by atoms with Gasteiger partial charge in [-0.05, 0) is 30.0 Å². The zero-order valence-electron chi connectivity index (χ0n) is 9.91. The number of halogens is 2. The van der Waals surface area contributed by atoms with Crippen molar-refractivity contribution in [2.24, 2.45) is 5.92 Å². The van der Waals surface area contributed by atoms with Crippen LogP contribution in [-0.4, -0.2) is 19.0 Å². The van der Waals surface area contributed by atoms with Crippen LogP contribution in [0, 0.1) is 5.92 Å². The number of nitrogens with one attached hydrogen (secondary N) is 2. The van der Waals surface area contributed by atoms with Crippen LogP contribution in [0.15, 0.2) is 22.7 Å². The largest absolute Gasteiger partial charge is 0.349 e. The van der Waals surface area contributed by atoms with Crippen molar-refractivity contribution in [3.05, 3.63) is 33.8 Å². The van der Waals surface area contributed by atoms with Crippen LogP contribution in [0.2, 0.25) is 0 Å². The molecule has 1 unspecified atom stereocenters. The second-order valence-electron chi connectivity index (χ2n) is 4.76. The third kappa shape index (κ3) is 2.42. The summed E-state index contributed by atoms with van der Waals surface area (Å²) in [4.78, 5) is 11.9. The van der Waals surface area contributed by atoms with Crippen LogP contribution >= 0.6 is 28.3 Å². The Morgan fingerprint density at radius 1 is 1.39 bits per heavy atom. The van der Waals surface area contributed by atoms with Gasteiger partial charge in [0.15, 0.2) is 0 Å². The van der Waals surface area contributed by atoms with E-state index in [1.165, 1.54) is 11.1 Å². The first-order valence-corrected chi connectivity index (χ1v) is 6.83. The molecular formula is C13H16BrClN2O. The molecule has 1 saturated heterocycles. The first-order valence-electron chi connectivity index (χ1n) is 6.04. The maximum atomic E-state index is 11.9. The maximum absolute atomic E-state index is 11.9. The summed E-state index contributed by atoms with van der Waals surface area (Å²) in [5.74, 6) is 0.368. The minimum Gasteiger partial charge on any atom is -0.349 e. The van der Waals surface area contributed by atoms with Crippen LogP contribution in [0.1, 0.15) is 23.6 Å². The number of rotatable bonds is 2. The molecule has 1 amide bonds. The van der Waals surface area contributed by atoms with Crippen molar-refractivity contribution in [2.75, 3.05) is 13.1 Å². The topological polar surface area (TPSA) is 41.1 Å². The average molecular weight is 332 g/mol. The number of carbonyl (C=O) groups is 1. The van der Waals surface area contributed by atoms with E-state index in [1.807, 2.05) is 6.07 Å². The van der Waals surface area contributed by atoms with E-state index in [0.29, 0.717) is 0 Å². The molecule has 98 valence electrons. The molecule has 2 N–H and O–H groups in total. The van der Waals surface area contributed by atoms with Crippen molar-refractivity contribution in [3.8, 4) is 0 Å². The van der Waals surface area contributed by atoms with Gasteiger partial charge in [-0.2, -0.15) is 0 Å². The Morgan fingerprint density at radius 3 is 2.83 bits per heavy atom. The summed E-state index contributed by atoms with van der Waals surface area (Å²) in [5.41, 5.74) is 2.63. The summed E-state index contributed by atoms with van der Waals surface area (Å²) in [6.07, 6.45) is 2.06. The molecule has 1 fully saturated rings. The molecular weight excluding hydrogens is 316 g/mol. The Labute approximate surface area is 121 Å². The van der Waals surface area contributed by atoms with Gasteiger partial charge in [0.1, 0.15) is 0 Å². The van der Waals surface area contributed by atoms with Crippen molar-refractivity contribution >= 4 is 34.2 Å². The van der Waals surface area contributed by atoms with Gasteiger partial charge in [0.25, 0.3) is 0 Å². The number of fused-ring (bicyclic) bond motifs is 1. The Hall–Kier alpha value is -0.580. The number of benzene rings is 1. The first-order chi connectivity index (χ1) is 8.25. The highest BCUT2D eigenvalue weighted by Crippen LogP contribution is 2.35. The molecule has 1 heterocycles. The zero-order valence-corrected chi connectivity index (χ0v) is 12.3. The minimum absolute atomic E-state index is 0. The normalized spacial score (nSPS) is 21.7. The molecule has 1 atom stereocenters. The smallest absolute Gasteiger partial charge is 0.226 e. The molecule has 1 aromatic carbocycles. The summed E-state index contributed by atoms with van der Waals surface area (Å²) < 4.78 is 1.16. The summed E-state index contributed by atoms with van der Waals surface area (Å²) >= 11 is 3.57. The van der Waals surface area contributed by atoms with E-state index in [4.69, 9.17) is 0 Å². The molecule has 0 spiro atoms. The Balaban J connectivity index is 0.00000120. The molecule has 1 aliphatic heterocycles. The molecule has 18 heavy (non-hydrogen) atoms. The third-order valence-corrected chi connectivity index (χ3v) is 4.43. The van der Waals surface area contributed by atoms with E-state index in [2.05, 4.69) is 38.7 Å². The van der Waals surface area contributed by atoms with Crippen LogP contribution in [0.5, 0.6) is 0 Å². The van der Waals surface area contributed by atoms with E-state index in [9.17, 15) is 4.79 Å². The second kappa shape index (κ2) is 5.59. The molecule has 3 nitrogen and oxygen atoms in total. The average Bonchev–Trinajstić information content (AvgIpc) is 2.60. The third-order valence-electron chi connectivity index (χ3n) is 3.68. The van der Waals surface area contributed by atoms with E-state index < -0.39 is 0 Å². The van der Waals surface area contributed by atoms with Crippen LogP contribution in [0.4, 0.5) is 0 Å². The molecule has 5 heteroatoms. The van der Waals surface area contributed by atoms with Crippen LogP contribution in [-0.2, 0) is 11.2 Å². The van der Waals surface area contributed by atoms with Crippen LogP contribution < -0.4 is 10.6 Å². The lowest BCUT2D eigenvalue weighted by molar-refractivity contribution is -0.127. The van der Waals surface area contributed by atoms with Gasteiger partial charge < -0.3 is 10.6 Å². The fourth-order valence-corrected chi connectivity index (χ4v) is 3.10. The van der Waals surface area contributed by atoms with Gasteiger partial charge >= 0.3 is 0 Å². The van der Waals surface area contributed by atoms with Crippen LogP contribution in [0.3, 0.4) is 0 Å². The Bertz CT molecular complexity index is 462. The van der Waals surface area contributed by atoms with Gasteiger partial charge in [0.05, 0.1) is 12.0 Å². The number of hydrogen-bond acceptors (Lipinski definition) is 2. The van der Waals surface area contributed by atoms with Crippen molar-refractivity contribution in [1.82, 2.24) is 10.6 Å². The van der Waals surface area contributed by atoms with Crippen molar-refractivity contribution in [3.63, 3.8) is 0 Å². The molecule has 2 aliphatic rings. The SMILES string of the molecule is Cl.O=C(NC1CCc2c(Br)cccc21)C1CNC1. The fourth-order valence-electron chi connectivity index (χ4n) is 2.52. The molecule has 1 aromatic rings. The highest BCUT2D eigenvalue weighted by Gasteiger charge is 2.30. The van der Waals surface area contributed by atoms with E-state index in [1.54, 1.807) is 0 Å². The molecule has 0 saturated carbocycles. The first kappa shape index (κ1) is 13.8. The summed E-state index contributed by atoms with van der Waals surface area (Å²) in [6.45, 7) is 1.65. The van der Waals surface area contributed by atoms with E-state index in [-0.39, 0.29) is 30.3 Å². The quantitative estimate of drug-likeness (QED) is 0.872. The maximum Gasteiger partial charge on any atom is 0.226 e. The Kier molecular flexibility index (Phi) is 4.30. The van der Waals surface area contributed by atoms with Gasteiger partial charge in [0.2, 0.25) is 5.91 Å². The van der Waals surface area contributed by atoms with Crippen molar-refractivity contribution in [2.45, 2.75) is 18.9 Å². The number of amides is 1. The van der Waals surface area contributed by atoms with Gasteiger partial charge in [-0.15, -0.1) is 12.4 Å². The van der Waals surface area contributed by atoms with Gasteiger partial charge in [-0.25, -0.2) is 0 Å². The second-order valence-corrected chi connectivity index (χ2v) is 5.62. The minimum atomic E-state index is 0. The lowest BCUT2D eigenvalue weighted by atomic mass is 10.0. The number of carbonyl (C=O) groups excluding carboxylic acids is 1. The van der Waals surface area contributed by atoms with Crippen molar-refractivity contribution in [1.29, 1.82) is 0 Å². The van der Waals surface area contributed by atoms with E-state index >= 15 is 0 Å². The van der Waals surface area contributed by atoms with Gasteiger partial charge in [-0.1, -0.05) is 28.1 Å². The summed E-state index contributed by atoms with van der Waals surface area (Å²) in [5, 5.41) is 6.29. The fraction of sp³-hybridized carbons (Fsp3) is 0.462. The monoisotopic (exact) mass is 330 g/mol. The lowest BCUT2D eigenvalue weighted by Gasteiger charge is -2.27. The van der Waals surface area contributed by atoms with Gasteiger partial charge in [-0.3, -0.25) is 4.79 Å². The predicted octanol–water partition coefficient (Wildman–Crippen LogP) is 2.19. The zero-order chi connectivity index (χ0) is 11.8. The Morgan fingerprint density at radius 2 is 2.17 bits per heavy atom.